The molecule has 0 aromatic heterocycles. The molecule has 0 unspecified atom stereocenters. The normalized spacial score (nSPS) is 11.5. The standard InChI is InChI=1S/C85H128N2O9/c1-7-13-19-25-31-37-43-58-91-75-64-71(65-76(92-59-44-38-32-26-20-14-8-2)81(75)95-62-47-41-35-29-23-17-11-5)84(89)87(86-83(88)74-57-55-70-53-52-68-50-49-51-69-54-56-73(74)80(70)79(68)69)85(90)72-66-77(93-60-45-39-33-27-21-15-9-3)82(96-63-48-42-36-30-24-18-12-6)78(67-72)94-61-46-40-34-28-22-16-10-4/h49-57,64-67H,7-48,58-63H2,1-6H3,(H,86,88). The van der Waals surface area contributed by atoms with E-state index in [2.05, 4.69) is 71.2 Å². The Morgan fingerprint density at radius 2 is 0.562 bits per heavy atom. The first-order valence-corrected chi connectivity index (χ1v) is 39.3. The summed E-state index contributed by atoms with van der Waals surface area (Å²) in [6.07, 6.45) is 46.9. The molecule has 3 amide bonds. The smallest absolute Gasteiger partial charge is 0.280 e. The molecule has 0 spiro atoms. The summed E-state index contributed by atoms with van der Waals surface area (Å²) in [7, 11) is 0. The van der Waals surface area contributed by atoms with Crippen LogP contribution in [0.1, 0.15) is 342 Å². The monoisotopic (exact) mass is 1320 g/mol. The summed E-state index contributed by atoms with van der Waals surface area (Å²) < 4.78 is 40.5. The molecule has 6 aromatic rings. The zero-order chi connectivity index (χ0) is 68.1. The number of nitrogens with zero attached hydrogens (tertiary/aromatic N) is 1. The number of carbonyl (C=O) groups excluding carboxylic acids is 3. The molecule has 0 fully saturated rings. The van der Waals surface area contributed by atoms with Gasteiger partial charge in [0.1, 0.15) is 0 Å². The van der Waals surface area contributed by atoms with Gasteiger partial charge in [-0.3, -0.25) is 19.8 Å². The second-order valence-corrected chi connectivity index (χ2v) is 27.3. The van der Waals surface area contributed by atoms with Crippen LogP contribution in [-0.2, 0) is 0 Å². The zero-order valence-electron chi connectivity index (χ0n) is 61.1. The van der Waals surface area contributed by atoms with Gasteiger partial charge in [-0.15, -0.1) is 0 Å². The molecular formula is C85H128N2O9. The molecule has 6 rings (SSSR count). The van der Waals surface area contributed by atoms with Crippen LogP contribution in [0.3, 0.4) is 0 Å². The Hall–Kier alpha value is -6.23. The Labute approximate surface area is 581 Å². The number of benzene rings is 6. The fraction of sp³-hybridized carbons (Fsp3) is 0.635. The van der Waals surface area contributed by atoms with Crippen LogP contribution in [0.25, 0.3) is 32.3 Å². The Morgan fingerprint density at radius 1 is 0.302 bits per heavy atom. The van der Waals surface area contributed by atoms with Crippen molar-refractivity contribution < 1.29 is 42.8 Å². The van der Waals surface area contributed by atoms with Crippen LogP contribution in [0, 0.1) is 0 Å². The summed E-state index contributed by atoms with van der Waals surface area (Å²) in [6.45, 7) is 16.0. The average molecular weight is 1320 g/mol. The van der Waals surface area contributed by atoms with Gasteiger partial charge in [-0.1, -0.05) is 321 Å². The molecule has 0 bridgehead atoms. The second-order valence-electron chi connectivity index (χ2n) is 27.3. The highest BCUT2D eigenvalue weighted by atomic mass is 16.5. The Balaban J connectivity index is 1.46. The third kappa shape index (κ3) is 27.6. The minimum absolute atomic E-state index is 0.104. The van der Waals surface area contributed by atoms with Crippen LogP contribution in [0.15, 0.2) is 78.9 Å². The van der Waals surface area contributed by atoms with Crippen molar-refractivity contribution in [2.45, 2.75) is 311 Å². The third-order valence-corrected chi connectivity index (χ3v) is 18.9. The number of hydrogen-bond donors (Lipinski definition) is 1. The molecule has 0 aliphatic heterocycles. The fourth-order valence-corrected chi connectivity index (χ4v) is 13.1. The average Bonchev–Trinajstić information content (AvgIpc) is 0.746. The summed E-state index contributed by atoms with van der Waals surface area (Å²) in [4.78, 5) is 47.8. The molecule has 6 aromatic carbocycles. The number of amides is 3. The van der Waals surface area contributed by atoms with Crippen LogP contribution >= 0.6 is 0 Å². The summed E-state index contributed by atoms with van der Waals surface area (Å²) in [5, 5.41) is 6.69. The van der Waals surface area contributed by atoms with Crippen molar-refractivity contribution in [3.8, 4) is 34.5 Å². The fourth-order valence-electron chi connectivity index (χ4n) is 13.1. The number of ether oxygens (including phenoxy) is 6. The SMILES string of the molecule is CCCCCCCCCOc1cc(C(=O)N(NC(=O)c2ccc3ccc4cccc5ccc2c3c45)C(=O)c2cc(OCCCCCCCCC)c(OCCCCCCCCC)c(OCCCCCCCCC)c2)cc(OCCCCCCCCC)c1OCCCCCCCCC. The molecule has 0 aliphatic carbocycles. The summed E-state index contributed by atoms with van der Waals surface area (Å²) in [5.74, 6) is 0.268. The Morgan fingerprint density at radius 3 is 0.875 bits per heavy atom. The molecule has 0 saturated heterocycles. The lowest BCUT2D eigenvalue weighted by molar-refractivity contribution is 0.0483. The Kier molecular flexibility index (Phi) is 39.8. The lowest BCUT2D eigenvalue weighted by Gasteiger charge is -2.25. The largest absolute Gasteiger partial charge is 0.490 e. The topological polar surface area (TPSA) is 122 Å². The van der Waals surface area contributed by atoms with Gasteiger partial charge in [0, 0.05) is 16.7 Å². The van der Waals surface area contributed by atoms with Crippen molar-refractivity contribution in [2.75, 3.05) is 39.6 Å². The maximum atomic E-state index is 16.1. The number of hydrazine groups is 1. The van der Waals surface area contributed by atoms with E-state index in [0.29, 0.717) is 85.1 Å². The Bertz CT molecular complexity index is 2860. The first-order valence-electron chi connectivity index (χ1n) is 39.3. The summed E-state index contributed by atoms with van der Waals surface area (Å²) in [5.41, 5.74) is 3.47. The van der Waals surface area contributed by atoms with Crippen LogP contribution < -0.4 is 33.8 Å². The van der Waals surface area contributed by atoms with Gasteiger partial charge < -0.3 is 28.4 Å². The zero-order valence-corrected chi connectivity index (χ0v) is 61.1. The van der Waals surface area contributed by atoms with Crippen molar-refractivity contribution in [3.63, 3.8) is 0 Å². The van der Waals surface area contributed by atoms with Gasteiger partial charge in [-0.25, -0.2) is 0 Å². The highest BCUT2D eigenvalue weighted by Gasteiger charge is 2.32. The third-order valence-electron chi connectivity index (χ3n) is 18.9. The highest BCUT2D eigenvalue weighted by Crippen LogP contribution is 2.43. The predicted octanol–water partition coefficient (Wildman–Crippen LogP) is 25.0. The summed E-state index contributed by atoms with van der Waals surface area (Å²) >= 11 is 0. The second kappa shape index (κ2) is 48.5. The molecule has 0 saturated carbocycles. The van der Waals surface area contributed by atoms with E-state index in [-0.39, 0.29) is 11.1 Å². The quantitative estimate of drug-likeness (QED) is 0.0172. The number of unbranched alkanes of at least 4 members (excludes halogenated alkanes) is 36. The maximum Gasteiger partial charge on any atom is 0.280 e. The molecule has 1 N–H and O–H groups in total. The van der Waals surface area contributed by atoms with Crippen LogP contribution in [0.4, 0.5) is 0 Å². The molecule has 0 radical (unpaired) electrons. The first-order chi connectivity index (χ1) is 47.3. The van der Waals surface area contributed by atoms with Crippen molar-refractivity contribution >= 4 is 50.0 Å². The van der Waals surface area contributed by atoms with Crippen LogP contribution in [-0.4, -0.2) is 62.4 Å². The maximum absolute atomic E-state index is 16.1. The minimum Gasteiger partial charge on any atom is -0.490 e. The lowest BCUT2D eigenvalue weighted by Crippen LogP contribution is -2.50. The van der Waals surface area contributed by atoms with E-state index in [0.717, 1.165) is 148 Å². The summed E-state index contributed by atoms with van der Waals surface area (Å²) in [6, 6.07) is 24.9. The van der Waals surface area contributed by atoms with Crippen molar-refractivity contribution in [2.24, 2.45) is 0 Å². The lowest BCUT2D eigenvalue weighted by atomic mass is 9.92. The number of imide groups is 1. The van der Waals surface area contributed by atoms with E-state index in [4.69, 9.17) is 28.4 Å². The molecule has 11 heteroatoms. The van der Waals surface area contributed by atoms with Gasteiger partial charge >= 0.3 is 0 Å². The van der Waals surface area contributed by atoms with Crippen molar-refractivity contribution in [1.29, 1.82) is 0 Å². The van der Waals surface area contributed by atoms with Crippen molar-refractivity contribution in [1.82, 2.24) is 10.4 Å². The van der Waals surface area contributed by atoms with Gasteiger partial charge in [0.2, 0.25) is 11.5 Å². The highest BCUT2D eigenvalue weighted by molar-refractivity contribution is 6.26. The molecule has 96 heavy (non-hydrogen) atoms. The van der Waals surface area contributed by atoms with E-state index in [1.807, 2.05) is 24.3 Å². The number of rotatable bonds is 57. The molecular weight excluding hydrogens is 1190 g/mol. The van der Waals surface area contributed by atoms with E-state index in [1.165, 1.54) is 154 Å². The van der Waals surface area contributed by atoms with E-state index in [9.17, 15) is 0 Å². The van der Waals surface area contributed by atoms with Gasteiger partial charge in [-0.05, 0) is 101 Å². The molecule has 0 atom stereocenters. The number of nitrogens with one attached hydrogen (secondary N) is 1. The molecule has 0 heterocycles. The van der Waals surface area contributed by atoms with Gasteiger partial charge in [0.25, 0.3) is 17.7 Å². The van der Waals surface area contributed by atoms with Crippen molar-refractivity contribution in [3.05, 3.63) is 95.6 Å². The van der Waals surface area contributed by atoms with E-state index >= 15 is 14.4 Å². The molecule has 0 aliphatic rings. The first kappa shape index (κ1) is 78.8. The van der Waals surface area contributed by atoms with E-state index < -0.39 is 17.7 Å². The van der Waals surface area contributed by atoms with Gasteiger partial charge in [0.15, 0.2) is 23.0 Å². The number of carbonyl (C=O) groups is 3. The minimum atomic E-state index is -0.762. The van der Waals surface area contributed by atoms with Crippen LogP contribution in [0.5, 0.6) is 34.5 Å². The van der Waals surface area contributed by atoms with Gasteiger partial charge in [-0.2, -0.15) is 5.01 Å². The molecule has 532 valence electrons. The van der Waals surface area contributed by atoms with E-state index in [1.54, 1.807) is 30.3 Å². The van der Waals surface area contributed by atoms with Gasteiger partial charge in [0.05, 0.1) is 39.6 Å². The predicted molar refractivity (Wildman–Crippen MR) is 402 cm³/mol. The molecule has 11 nitrogen and oxygen atoms in total. The number of hydrogen-bond acceptors (Lipinski definition) is 9. The van der Waals surface area contributed by atoms with Crippen LogP contribution in [0.2, 0.25) is 0 Å².